The second kappa shape index (κ2) is 6.70. The first-order valence-electron chi connectivity index (χ1n) is 9.13. The number of hydrogen-bond acceptors (Lipinski definition) is 5. The highest BCUT2D eigenvalue weighted by molar-refractivity contribution is 5.98. The molecule has 0 spiro atoms. The van der Waals surface area contributed by atoms with Crippen molar-refractivity contribution in [2.24, 2.45) is 5.92 Å². The Kier molecular flexibility index (Phi) is 4.38. The number of amides is 1. The van der Waals surface area contributed by atoms with E-state index in [1.165, 1.54) is 7.11 Å². The van der Waals surface area contributed by atoms with Gasteiger partial charge in [0.2, 0.25) is 5.75 Å². The molecule has 3 aliphatic rings. The largest absolute Gasteiger partial charge is 0.493 e. The summed E-state index contributed by atoms with van der Waals surface area (Å²) >= 11 is 0. The van der Waals surface area contributed by atoms with Gasteiger partial charge < -0.3 is 24.2 Å². The maximum atomic E-state index is 13.3. The zero-order valence-electron chi connectivity index (χ0n) is 14.8. The molecule has 2 heterocycles. The van der Waals surface area contributed by atoms with Gasteiger partial charge in [-0.3, -0.25) is 4.79 Å². The van der Waals surface area contributed by atoms with Crippen LogP contribution in [-0.4, -0.2) is 54.3 Å². The van der Waals surface area contributed by atoms with E-state index in [9.17, 15) is 14.7 Å². The summed E-state index contributed by atoms with van der Waals surface area (Å²) in [5, 5.41) is 9.66. The van der Waals surface area contributed by atoms with Gasteiger partial charge in [0.25, 0.3) is 5.91 Å². The van der Waals surface area contributed by atoms with Crippen molar-refractivity contribution in [3.8, 4) is 17.2 Å². The van der Waals surface area contributed by atoms with Crippen molar-refractivity contribution >= 4 is 11.9 Å². The van der Waals surface area contributed by atoms with Gasteiger partial charge in [-0.05, 0) is 37.3 Å². The maximum absolute atomic E-state index is 13.3. The van der Waals surface area contributed by atoms with E-state index in [2.05, 4.69) is 0 Å². The molecule has 1 N–H and O–H groups in total. The second-order valence-corrected chi connectivity index (χ2v) is 7.12. The SMILES string of the molecule is COc1cc(C(=O)N2[C@H](C(=O)O)C[C@@H]3CCCC[C@@H]32)cc2c1OCCO2. The summed E-state index contributed by atoms with van der Waals surface area (Å²) in [7, 11) is 1.51. The molecule has 26 heavy (non-hydrogen) atoms. The van der Waals surface area contributed by atoms with Crippen molar-refractivity contribution in [1.29, 1.82) is 0 Å². The number of carbonyl (C=O) groups excluding carboxylic acids is 1. The highest BCUT2D eigenvalue weighted by Gasteiger charge is 2.47. The van der Waals surface area contributed by atoms with Crippen LogP contribution >= 0.6 is 0 Å². The quantitative estimate of drug-likeness (QED) is 0.889. The number of fused-ring (bicyclic) bond motifs is 2. The van der Waals surface area contributed by atoms with Crippen molar-refractivity contribution < 1.29 is 28.9 Å². The third kappa shape index (κ3) is 2.75. The summed E-state index contributed by atoms with van der Waals surface area (Å²) in [4.78, 5) is 26.6. The summed E-state index contributed by atoms with van der Waals surface area (Å²) in [6.07, 6.45) is 4.52. The highest BCUT2D eigenvalue weighted by atomic mass is 16.6. The number of carboxylic acid groups (broad SMARTS) is 1. The monoisotopic (exact) mass is 361 g/mol. The fourth-order valence-corrected chi connectivity index (χ4v) is 4.52. The summed E-state index contributed by atoms with van der Waals surface area (Å²) < 4.78 is 16.5. The molecule has 0 aromatic heterocycles. The van der Waals surface area contributed by atoms with Crippen molar-refractivity contribution in [1.82, 2.24) is 4.90 Å². The zero-order valence-corrected chi connectivity index (χ0v) is 14.8. The van der Waals surface area contributed by atoms with Gasteiger partial charge in [0.1, 0.15) is 19.3 Å². The highest BCUT2D eigenvalue weighted by Crippen LogP contribution is 2.43. The van der Waals surface area contributed by atoms with Crippen LogP contribution in [0.3, 0.4) is 0 Å². The first-order chi connectivity index (χ1) is 12.6. The molecule has 0 bridgehead atoms. The molecule has 1 aliphatic carbocycles. The lowest BCUT2D eigenvalue weighted by atomic mass is 9.84. The molecule has 1 saturated carbocycles. The van der Waals surface area contributed by atoms with E-state index in [0.29, 0.717) is 42.4 Å². The molecule has 1 aromatic carbocycles. The minimum absolute atomic E-state index is 0.00320. The lowest BCUT2D eigenvalue weighted by molar-refractivity contribution is -0.141. The Hall–Kier alpha value is -2.44. The van der Waals surface area contributed by atoms with E-state index in [1.807, 2.05) is 0 Å². The van der Waals surface area contributed by atoms with Crippen LogP contribution < -0.4 is 14.2 Å². The molecule has 0 radical (unpaired) electrons. The predicted octanol–water partition coefficient (Wildman–Crippen LogP) is 2.32. The van der Waals surface area contributed by atoms with Gasteiger partial charge in [-0.1, -0.05) is 12.8 Å². The number of nitrogens with zero attached hydrogens (tertiary/aromatic N) is 1. The van der Waals surface area contributed by atoms with E-state index >= 15 is 0 Å². The number of likely N-dealkylation sites (tertiary alicyclic amines) is 1. The van der Waals surface area contributed by atoms with Gasteiger partial charge in [0.05, 0.1) is 7.11 Å². The standard InChI is InChI=1S/C19H23NO6/c1-24-15-9-12(10-16-17(15)26-7-6-25-16)18(21)20-13-5-3-2-4-11(13)8-14(20)19(22)23/h9-11,13-14H,2-8H2,1H3,(H,22,23)/t11-,13-,14-/m0/s1. The molecular weight excluding hydrogens is 338 g/mol. The normalized spacial score (nSPS) is 27.0. The Morgan fingerprint density at radius 1 is 1.19 bits per heavy atom. The average Bonchev–Trinajstić information content (AvgIpc) is 3.06. The van der Waals surface area contributed by atoms with E-state index in [1.54, 1.807) is 17.0 Å². The lowest BCUT2D eigenvalue weighted by Gasteiger charge is -2.33. The van der Waals surface area contributed by atoms with Crippen LogP contribution in [0.2, 0.25) is 0 Å². The van der Waals surface area contributed by atoms with Crippen LogP contribution in [0.25, 0.3) is 0 Å². The summed E-state index contributed by atoms with van der Waals surface area (Å²) in [5.41, 5.74) is 0.378. The van der Waals surface area contributed by atoms with Crippen molar-refractivity contribution in [3.63, 3.8) is 0 Å². The Balaban J connectivity index is 1.70. The summed E-state index contributed by atoms with van der Waals surface area (Å²) in [5.74, 6) is 0.441. The van der Waals surface area contributed by atoms with Crippen LogP contribution in [0.4, 0.5) is 0 Å². The fraction of sp³-hybridized carbons (Fsp3) is 0.579. The van der Waals surface area contributed by atoms with Gasteiger partial charge >= 0.3 is 5.97 Å². The van der Waals surface area contributed by atoms with Crippen molar-refractivity contribution in [2.45, 2.75) is 44.2 Å². The maximum Gasteiger partial charge on any atom is 0.326 e. The molecule has 1 amide bonds. The molecule has 3 atom stereocenters. The number of benzene rings is 1. The van der Waals surface area contributed by atoms with Crippen molar-refractivity contribution in [3.05, 3.63) is 17.7 Å². The van der Waals surface area contributed by atoms with Crippen LogP contribution in [-0.2, 0) is 4.79 Å². The van der Waals surface area contributed by atoms with E-state index in [0.717, 1.165) is 25.7 Å². The predicted molar refractivity (Wildman–Crippen MR) is 91.9 cm³/mol. The van der Waals surface area contributed by atoms with Gasteiger partial charge in [-0.25, -0.2) is 4.79 Å². The number of methoxy groups -OCH3 is 1. The summed E-state index contributed by atoms with van der Waals surface area (Å²) in [6, 6.07) is 2.48. The molecule has 7 nitrogen and oxygen atoms in total. The van der Waals surface area contributed by atoms with Crippen LogP contribution in [0.5, 0.6) is 17.2 Å². The smallest absolute Gasteiger partial charge is 0.326 e. The Labute approximate surface area is 151 Å². The van der Waals surface area contributed by atoms with Gasteiger partial charge in [-0.15, -0.1) is 0 Å². The second-order valence-electron chi connectivity index (χ2n) is 7.12. The van der Waals surface area contributed by atoms with E-state index in [4.69, 9.17) is 14.2 Å². The minimum atomic E-state index is -0.933. The first-order valence-corrected chi connectivity index (χ1v) is 9.13. The third-order valence-corrected chi connectivity index (χ3v) is 5.68. The molecule has 4 rings (SSSR count). The topological polar surface area (TPSA) is 85.3 Å². The molecule has 140 valence electrons. The number of aliphatic carboxylic acids is 1. The Morgan fingerprint density at radius 2 is 1.96 bits per heavy atom. The Bertz CT molecular complexity index is 716. The van der Waals surface area contributed by atoms with Crippen molar-refractivity contribution in [2.75, 3.05) is 20.3 Å². The van der Waals surface area contributed by atoms with Crippen LogP contribution in [0.15, 0.2) is 12.1 Å². The van der Waals surface area contributed by atoms with E-state index < -0.39 is 12.0 Å². The zero-order chi connectivity index (χ0) is 18.3. The minimum Gasteiger partial charge on any atom is -0.493 e. The third-order valence-electron chi connectivity index (χ3n) is 5.68. The number of carboxylic acids is 1. The number of rotatable bonds is 3. The van der Waals surface area contributed by atoms with E-state index in [-0.39, 0.29) is 17.9 Å². The number of carbonyl (C=O) groups is 2. The van der Waals surface area contributed by atoms with Gasteiger partial charge in [0.15, 0.2) is 11.5 Å². The number of hydrogen-bond donors (Lipinski definition) is 1. The molecule has 1 saturated heterocycles. The molecule has 7 heteroatoms. The number of ether oxygens (including phenoxy) is 3. The van der Waals surface area contributed by atoms with Gasteiger partial charge in [0, 0.05) is 11.6 Å². The lowest BCUT2D eigenvalue weighted by Crippen LogP contribution is -2.46. The van der Waals surface area contributed by atoms with Gasteiger partial charge in [-0.2, -0.15) is 0 Å². The molecule has 2 fully saturated rings. The fourth-order valence-electron chi connectivity index (χ4n) is 4.52. The van der Waals surface area contributed by atoms with Crippen LogP contribution in [0.1, 0.15) is 42.5 Å². The average molecular weight is 361 g/mol. The molecule has 2 aliphatic heterocycles. The molecule has 0 unspecified atom stereocenters. The van der Waals surface area contributed by atoms with Crippen LogP contribution in [0, 0.1) is 5.92 Å². The molecular formula is C19H23NO6. The first kappa shape index (κ1) is 17.0. The summed E-state index contributed by atoms with van der Waals surface area (Å²) in [6.45, 7) is 0.827. The molecule has 1 aromatic rings. The Morgan fingerprint density at radius 3 is 2.73 bits per heavy atom.